The molecule has 0 aliphatic carbocycles. The van der Waals surface area contributed by atoms with Crippen LogP contribution in [0.25, 0.3) is 0 Å². The van der Waals surface area contributed by atoms with E-state index in [2.05, 4.69) is 5.32 Å². The van der Waals surface area contributed by atoms with Crippen molar-refractivity contribution in [3.05, 3.63) is 24.3 Å². The molecule has 0 bridgehead atoms. The van der Waals surface area contributed by atoms with Crippen molar-refractivity contribution in [1.82, 2.24) is 5.32 Å². The number of nitrogens with one attached hydrogen (secondary N) is 1. The van der Waals surface area contributed by atoms with E-state index < -0.39 is 24.0 Å². The first kappa shape index (κ1) is 17.3. The summed E-state index contributed by atoms with van der Waals surface area (Å²) >= 11 is 1.28. The summed E-state index contributed by atoms with van der Waals surface area (Å²) < 4.78 is 5.31. The first-order valence-electron chi connectivity index (χ1n) is 6.50. The summed E-state index contributed by atoms with van der Waals surface area (Å²) in [5.74, 6) is -0.872. The summed E-state index contributed by atoms with van der Waals surface area (Å²) in [6, 6.07) is 5.97. The first-order valence-corrected chi connectivity index (χ1v) is 7.48. The number of aliphatic hydroxyl groups excluding tert-OH is 1. The molecule has 1 amide bonds. The summed E-state index contributed by atoms with van der Waals surface area (Å²) in [5, 5.41) is 20.4. The number of aliphatic hydroxyl groups is 1. The number of benzene rings is 1. The molecule has 21 heavy (non-hydrogen) atoms. The SMILES string of the molecule is CCOc1ccc(SCC(=O)NC(C(=O)O)C(C)O)cc1. The van der Waals surface area contributed by atoms with Crippen molar-refractivity contribution in [2.45, 2.75) is 30.9 Å². The highest BCUT2D eigenvalue weighted by Crippen LogP contribution is 2.21. The second kappa shape index (κ2) is 8.53. The van der Waals surface area contributed by atoms with E-state index in [1.54, 1.807) is 12.1 Å². The summed E-state index contributed by atoms with van der Waals surface area (Å²) in [6.45, 7) is 3.80. The van der Waals surface area contributed by atoms with Crippen LogP contribution in [0.3, 0.4) is 0 Å². The number of rotatable bonds is 8. The lowest BCUT2D eigenvalue weighted by atomic mass is 10.2. The molecule has 6 nitrogen and oxygen atoms in total. The first-order chi connectivity index (χ1) is 9.93. The molecular formula is C14H19NO5S. The van der Waals surface area contributed by atoms with E-state index in [1.807, 2.05) is 19.1 Å². The van der Waals surface area contributed by atoms with Crippen LogP contribution >= 0.6 is 11.8 Å². The Kier molecular flexibility index (Phi) is 7.04. The molecule has 0 aromatic heterocycles. The van der Waals surface area contributed by atoms with Gasteiger partial charge in [-0.05, 0) is 38.1 Å². The zero-order valence-corrected chi connectivity index (χ0v) is 12.7. The van der Waals surface area contributed by atoms with Crippen molar-refractivity contribution < 1.29 is 24.5 Å². The third kappa shape index (κ3) is 6.05. The van der Waals surface area contributed by atoms with Gasteiger partial charge in [0.2, 0.25) is 5.91 Å². The quantitative estimate of drug-likeness (QED) is 0.623. The van der Waals surface area contributed by atoms with E-state index >= 15 is 0 Å². The van der Waals surface area contributed by atoms with Gasteiger partial charge in [0.1, 0.15) is 5.75 Å². The second-order valence-electron chi connectivity index (χ2n) is 4.32. The van der Waals surface area contributed by atoms with Crippen molar-refractivity contribution in [3.63, 3.8) is 0 Å². The Morgan fingerprint density at radius 2 is 1.95 bits per heavy atom. The maximum Gasteiger partial charge on any atom is 0.328 e. The van der Waals surface area contributed by atoms with Crippen molar-refractivity contribution >= 4 is 23.6 Å². The molecule has 0 spiro atoms. The topological polar surface area (TPSA) is 95.9 Å². The van der Waals surface area contributed by atoms with Crippen LogP contribution in [0.4, 0.5) is 0 Å². The second-order valence-corrected chi connectivity index (χ2v) is 5.37. The summed E-state index contributed by atoms with van der Waals surface area (Å²) in [4.78, 5) is 23.4. The molecule has 0 aliphatic rings. The fourth-order valence-corrected chi connectivity index (χ4v) is 2.26. The maximum absolute atomic E-state index is 11.7. The van der Waals surface area contributed by atoms with Gasteiger partial charge in [-0.1, -0.05) is 0 Å². The molecule has 7 heteroatoms. The highest BCUT2D eigenvalue weighted by Gasteiger charge is 2.24. The Bertz CT molecular complexity index is 475. The minimum Gasteiger partial charge on any atom is -0.494 e. The molecule has 116 valence electrons. The van der Waals surface area contributed by atoms with Gasteiger partial charge in [0.05, 0.1) is 18.5 Å². The number of amides is 1. The highest BCUT2D eigenvalue weighted by molar-refractivity contribution is 8.00. The van der Waals surface area contributed by atoms with Crippen LogP contribution in [0.2, 0.25) is 0 Å². The van der Waals surface area contributed by atoms with Crippen LogP contribution < -0.4 is 10.1 Å². The fourth-order valence-electron chi connectivity index (χ4n) is 1.55. The average molecular weight is 313 g/mol. The molecule has 1 aromatic carbocycles. The minimum absolute atomic E-state index is 0.0739. The van der Waals surface area contributed by atoms with Crippen LogP contribution in [0, 0.1) is 0 Å². The van der Waals surface area contributed by atoms with Crippen molar-refractivity contribution in [1.29, 1.82) is 0 Å². The van der Waals surface area contributed by atoms with Crippen LogP contribution in [-0.2, 0) is 9.59 Å². The summed E-state index contributed by atoms with van der Waals surface area (Å²) in [5.41, 5.74) is 0. The highest BCUT2D eigenvalue weighted by atomic mass is 32.2. The maximum atomic E-state index is 11.7. The van der Waals surface area contributed by atoms with Gasteiger partial charge in [-0.25, -0.2) is 4.79 Å². The molecule has 0 heterocycles. The predicted octanol–water partition coefficient (Wildman–Crippen LogP) is 1.13. The third-order valence-electron chi connectivity index (χ3n) is 2.57. The van der Waals surface area contributed by atoms with Gasteiger partial charge in [0, 0.05) is 4.90 Å². The molecular weight excluding hydrogens is 294 g/mol. The van der Waals surface area contributed by atoms with E-state index in [0.717, 1.165) is 10.6 Å². The van der Waals surface area contributed by atoms with Crippen LogP contribution in [0.15, 0.2) is 29.2 Å². The zero-order valence-electron chi connectivity index (χ0n) is 11.9. The third-order valence-corrected chi connectivity index (χ3v) is 3.58. The summed E-state index contributed by atoms with van der Waals surface area (Å²) in [6.07, 6.45) is -1.15. The van der Waals surface area contributed by atoms with Crippen molar-refractivity contribution in [2.24, 2.45) is 0 Å². The molecule has 2 unspecified atom stereocenters. The van der Waals surface area contributed by atoms with Crippen LogP contribution in [-0.4, -0.2) is 46.6 Å². The number of carboxylic acid groups (broad SMARTS) is 1. The van der Waals surface area contributed by atoms with Gasteiger partial charge >= 0.3 is 5.97 Å². The van der Waals surface area contributed by atoms with Gasteiger partial charge in [-0.15, -0.1) is 11.8 Å². The number of ether oxygens (including phenoxy) is 1. The van der Waals surface area contributed by atoms with Crippen molar-refractivity contribution in [3.8, 4) is 5.75 Å². The number of aliphatic carboxylic acids is 1. The molecule has 0 fully saturated rings. The Hall–Kier alpha value is -1.73. The number of carboxylic acids is 1. The Balaban J connectivity index is 2.47. The number of carbonyl (C=O) groups is 2. The molecule has 0 radical (unpaired) electrons. The van der Waals surface area contributed by atoms with Gasteiger partial charge in [0.15, 0.2) is 6.04 Å². The lowest BCUT2D eigenvalue weighted by Gasteiger charge is -2.16. The molecule has 0 aliphatic heterocycles. The lowest BCUT2D eigenvalue weighted by molar-refractivity contribution is -0.144. The van der Waals surface area contributed by atoms with Gasteiger partial charge in [-0.3, -0.25) is 4.79 Å². The Morgan fingerprint density at radius 3 is 2.43 bits per heavy atom. The van der Waals surface area contributed by atoms with E-state index in [9.17, 15) is 14.7 Å². The lowest BCUT2D eigenvalue weighted by Crippen LogP contribution is -2.48. The molecule has 2 atom stereocenters. The van der Waals surface area contributed by atoms with Crippen LogP contribution in [0.1, 0.15) is 13.8 Å². The fraction of sp³-hybridized carbons (Fsp3) is 0.429. The normalized spacial score (nSPS) is 13.3. The molecule has 3 N–H and O–H groups in total. The predicted molar refractivity (Wildman–Crippen MR) is 79.6 cm³/mol. The standard InChI is InChI=1S/C14H19NO5S/c1-3-20-10-4-6-11(7-5-10)21-8-12(17)15-13(9(2)16)14(18)19/h4-7,9,13,16H,3,8H2,1-2H3,(H,15,17)(H,18,19). The smallest absolute Gasteiger partial charge is 0.328 e. The van der Waals surface area contributed by atoms with Crippen molar-refractivity contribution in [2.75, 3.05) is 12.4 Å². The van der Waals surface area contributed by atoms with Gasteiger partial charge in [-0.2, -0.15) is 0 Å². The van der Waals surface area contributed by atoms with E-state index in [1.165, 1.54) is 18.7 Å². The number of hydrogen-bond acceptors (Lipinski definition) is 5. The monoisotopic (exact) mass is 313 g/mol. The minimum atomic E-state index is -1.29. The Morgan fingerprint density at radius 1 is 1.33 bits per heavy atom. The summed E-state index contributed by atoms with van der Waals surface area (Å²) in [7, 11) is 0. The van der Waals surface area contributed by atoms with E-state index in [0.29, 0.717) is 6.61 Å². The van der Waals surface area contributed by atoms with Gasteiger partial charge < -0.3 is 20.3 Å². The zero-order chi connectivity index (χ0) is 15.8. The molecule has 0 saturated carbocycles. The number of carbonyl (C=O) groups excluding carboxylic acids is 1. The molecule has 0 saturated heterocycles. The largest absolute Gasteiger partial charge is 0.494 e. The van der Waals surface area contributed by atoms with Gasteiger partial charge in [0.25, 0.3) is 0 Å². The molecule has 1 rings (SSSR count). The Labute approximate surface area is 127 Å². The van der Waals surface area contributed by atoms with E-state index in [-0.39, 0.29) is 5.75 Å². The van der Waals surface area contributed by atoms with E-state index in [4.69, 9.17) is 9.84 Å². The van der Waals surface area contributed by atoms with Crippen LogP contribution in [0.5, 0.6) is 5.75 Å². The molecule has 1 aromatic rings. The number of hydrogen-bond donors (Lipinski definition) is 3. The average Bonchev–Trinajstić information content (AvgIpc) is 2.43. The number of thioether (sulfide) groups is 1.